The number of rotatable bonds is 7. The van der Waals surface area contributed by atoms with Gasteiger partial charge < -0.3 is 5.32 Å². The molecule has 2 heterocycles. The molecule has 0 aliphatic carbocycles. The van der Waals surface area contributed by atoms with E-state index >= 15 is 0 Å². The van der Waals surface area contributed by atoms with E-state index in [4.69, 9.17) is 0 Å². The molecule has 0 bridgehead atoms. The number of hydrogen-bond donors (Lipinski definition) is 1. The molecule has 2 aromatic heterocycles. The molecule has 0 saturated heterocycles. The predicted molar refractivity (Wildman–Crippen MR) is 97.5 cm³/mol. The van der Waals surface area contributed by atoms with E-state index in [1.54, 1.807) is 23.5 Å². The molecule has 7 heteroatoms. The van der Waals surface area contributed by atoms with Crippen molar-refractivity contribution in [2.45, 2.75) is 32.6 Å². The molecule has 0 radical (unpaired) electrons. The fourth-order valence-corrected chi connectivity index (χ4v) is 3.84. The minimum absolute atomic E-state index is 0.221. The summed E-state index contributed by atoms with van der Waals surface area (Å²) in [6.45, 7) is 5.10. The van der Waals surface area contributed by atoms with E-state index in [9.17, 15) is 4.39 Å². The van der Waals surface area contributed by atoms with Crippen LogP contribution in [0.1, 0.15) is 41.0 Å². The second kappa shape index (κ2) is 7.81. The molecule has 0 spiro atoms. The first-order chi connectivity index (χ1) is 11.6. The fourth-order valence-electron chi connectivity index (χ4n) is 2.17. The first-order valence-corrected chi connectivity index (χ1v) is 9.55. The molecule has 1 aromatic carbocycles. The van der Waals surface area contributed by atoms with Gasteiger partial charge in [0.25, 0.3) is 0 Å². The molecule has 24 heavy (non-hydrogen) atoms. The van der Waals surface area contributed by atoms with Crippen molar-refractivity contribution in [1.82, 2.24) is 15.2 Å². The summed E-state index contributed by atoms with van der Waals surface area (Å²) in [6.07, 6.45) is 1.54. The van der Waals surface area contributed by atoms with Crippen molar-refractivity contribution in [3.8, 4) is 0 Å². The summed E-state index contributed by atoms with van der Waals surface area (Å²) in [5.41, 5.74) is 2.15. The maximum Gasteiger partial charge on any atom is 0.205 e. The highest BCUT2D eigenvalue weighted by Crippen LogP contribution is 2.21. The number of anilines is 1. The SMILES string of the molecule is CC(C)c1nc(CCNc2nnc(Cc3ccc(F)cc3)s2)cs1. The van der Waals surface area contributed by atoms with Crippen LogP contribution in [-0.2, 0) is 12.8 Å². The van der Waals surface area contributed by atoms with Crippen LogP contribution in [0.2, 0.25) is 0 Å². The molecule has 126 valence electrons. The lowest BCUT2D eigenvalue weighted by Crippen LogP contribution is -2.05. The Labute approximate surface area is 148 Å². The van der Waals surface area contributed by atoms with E-state index < -0.39 is 0 Å². The van der Waals surface area contributed by atoms with Crippen LogP contribution >= 0.6 is 22.7 Å². The molecule has 0 aliphatic rings. The average Bonchev–Trinajstić information content (AvgIpc) is 3.19. The van der Waals surface area contributed by atoms with Crippen LogP contribution in [0, 0.1) is 5.82 Å². The van der Waals surface area contributed by atoms with Crippen LogP contribution in [-0.4, -0.2) is 21.7 Å². The zero-order valence-electron chi connectivity index (χ0n) is 13.6. The maximum atomic E-state index is 12.9. The highest BCUT2D eigenvalue weighted by Gasteiger charge is 2.07. The smallest absolute Gasteiger partial charge is 0.205 e. The van der Waals surface area contributed by atoms with E-state index in [0.29, 0.717) is 12.3 Å². The molecular weight excluding hydrogens is 343 g/mol. The summed E-state index contributed by atoms with van der Waals surface area (Å²) in [5, 5.41) is 16.7. The lowest BCUT2D eigenvalue weighted by Gasteiger charge is -2.00. The highest BCUT2D eigenvalue weighted by atomic mass is 32.1. The molecular formula is C17H19FN4S2. The third kappa shape index (κ3) is 4.58. The molecule has 4 nitrogen and oxygen atoms in total. The quantitative estimate of drug-likeness (QED) is 0.672. The van der Waals surface area contributed by atoms with E-state index in [2.05, 4.69) is 39.7 Å². The van der Waals surface area contributed by atoms with Gasteiger partial charge in [-0.1, -0.05) is 37.3 Å². The van der Waals surface area contributed by atoms with E-state index in [0.717, 1.165) is 34.4 Å². The highest BCUT2D eigenvalue weighted by molar-refractivity contribution is 7.15. The van der Waals surface area contributed by atoms with Gasteiger partial charge in [0, 0.05) is 30.7 Å². The van der Waals surface area contributed by atoms with Crippen molar-refractivity contribution in [3.05, 3.63) is 56.7 Å². The third-order valence-corrected chi connectivity index (χ3v) is 5.53. The van der Waals surface area contributed by atoms with Crippen LogP contribution in [0.5, 0.6) is 0 Å². The van der Waals surface area contributed by atoms with Crippen LogP contribution in [0.4, 0.5) is 9.52 Å². The summed E-state index contributed by atoms with van der Waals surface area (Å²) in [7, 11) is 0. The molecule has 0 saturated carbocycles. The lowest BCUT2D eigenvalue weighted by atomic mass is 10.2. The monoisotopic (exact) mass is 362 g/mol. The number of thiazole rings is 1. The van der Waals surface area contributed by atoms with Gasteiger partial charge in [-0.15, -0.1) is 21.5 Å². The van der Waals surface area contributed by atoms with Crippen molar-refractivity contribution in [2.24, 2.45) is 0 Å². The van der Waals surface area contributed by atoms with E-state index in [1.165, 1.54) is 28.5 Å². The van der Waals surface area contributed by atoms with Crippen molar-refractivity contribution < 1.29 is 4.39 Å². The number of aromatic nitrogens is 3. The molecule has 0 unspecified atom stereocenters. The van der Waals surface area contributed by atoms with Gasteiger partial charge in [-0.2, -0.15) is 0 Å². The second-order valence-corrected chi connectivity index (χ2v) is 7.76. The van der Waals surface area contributed by atoms with Crippen molar-refractivity contribution >= 4 is 27.8 Å². The third-order valence-electron chi connectivity index (χ3n) is 3.46. The Balaban J connectivity index is 1.49. The van der Waals surface area contributed by atoms with Crippen molar-refractivity contribution in [2.75, 3.05) is 11.9 Å². The molecule has 3 rings (SSSR count). The number of nitrogens with one attached hydrogen (secondary N) is 1. The summed E-state index contributed by atoms with van der Waals surface area (Å²) < 4.78 is 12.9. The van der Waals surface area contributed by atoms with Crippen LogP contribution < -0.4 is 5.32 Å². The number of hydrogen-bond acceptors (Lipinski definition) is 6. The van der Waals surface area contributed by atoms with Crippen LogP contribution in [0.25, 0.3) is 0 Å². The Kier molecular flexibility index (Phi) is 5.52. The standard InChI is InChI=1S/C17H19FN4S2/c1-11(2)16-20-14(10-23-16)7-8-19-17-22-21-15(24-17)9-12-3-5-13(18)6-4-12/h3-6,10-11H,7-9H2,1-2H3,(H,19,22). The van der Waals surface area contributed by atoms with Gasteiger partial charge in [0.15, 0.2) is 0 Å². The Morgan fingerprint density at radius 3 is 2.67 bits per heavy atom. The minimum Gasteiger partial charge on any atom is -0.360 e. The van der Waals surface area contributed by atoms with Gasteiger partial charge in [-0.3, -0.25) is 0 Å². The Hall–Kier alpha value is -1.86. The Bertz CT molecular complexity index is 780. The van der Waals surface area contributed by atoms with Gasteiger partial charge in [-0.05, 0) is 17.7 Å². The number of benzene rings is 1. The first kappa shape index (κ1) is 17.0. The summed E-state index contributed by atoms with van der Waals surface area (Å²) in [6, 6.07) is 6.49. The fraction of sp³-hybridized carbons (Fsp3) is 0.353. The summed E-state index contributed by atoms with van der Waals surface area (Å²) >= 11 is 3.25. The van der Waals surface area contributed by atoms with Gasteiger partial charge in [0.2, 0.25) is 5.13 Å². The Morgan fingerprint density at radius 1 is 1.17 bits per heavy atom. The second-order valence-electron chi connectivity index (χ2n) is 5.81. The minimum atomic E-state index is -0.221. The average molecular weight is 362 g/mol. The lowest BCUT2D eigenvalue weighted by molar-refractivity contribution is 0.627. The van der Waals surface area contributed by atoms with Crippen LogP contribution in [0.15, 0.2) is 29.6 Å². The molecule has 0 aliphatic heterocycles. The van der Waals surface area contributed by atoms with Gasteiger partial charge in [0.05, 0.1) is 10.7 Å². The number of nitrogens with zero attached hydrogens (tertiary/aromatic N) is 3. The maximum absolute atomic E-state index is 12.9. The zero-order valence-corrected chi connectivity index (χ0v) is 15.3. The van der Waals surface area contributed by atoms with Gasteiger partial charge >= 0.3 is 0 Å². The summed E-state index contributed by atoms with van der Waals surface area (Å²) in [4.78, 5) is 4.62. The topological polar surface area (TPSA) is 50.7 Å². The molecule has 0 atom stereocenters. The first-order valence-electron chi connectivity index (χ1n) is 7.85. The van der Waals surface area contributed by atoms with E-state index in [-0.39, 0.29) is 5.82 Å². The van der Waals surface area contributed by atoms with E-state index in [1.807, 2.05) is 0 Å². The van der Waals surface area contributed by atoms with Crippen molar-refractivity contribution in [1.29, 1.82) is 0 Å². The molecule has 3 aromatic rings. The van der Waals surface area contributed by atoms with Gasteiger partial charge in [-0.25, -0.2) is 9.37 Å². The summed E-state index contributed by atoms with van der Waals surface area (Å²) in [5.74, 6) is 0.259. The number of halogens is 1. The predicted octanol–water partition coefficient (Wildman–Crippen LogP) is 4.50. The molecule has 1 N–H and O–H groups in total. The Morgan fingerprint density at radius 2 is 1.96 bits per heavy atom. The zero-order chi connectivity index (χ0) is 16.9. The largest absolute Gasteiger partial charge is 0.360 e. The van der Waals surface area contributed by atoms with Crippen LogP contribution in [0.3, 0.4) is 0 Å². The normalized spacial score (nSPS) is 11.2. The molecule has 0 fully saturated rings. The van der Waals surface area contributed by atoms with Gasteiger partial charge in [0.1, 0.15) is 10.8 Å². The van der Waals surface area contributed by atoms with Crippen molar-refractivity contribution in [3.63, 3.8) is 0 Å². The molecule has 0 amide bonds.